The van der Waals surface area contributed by atoms with Crippen LogP contribution in [0, 0.1) is 12.1 Å². The first-order chi connectivity index (χ1) is 9.78. The molecule has 0 aromatic carbocycles. The van der Waals surface area contributed by atoms with Crippen LogP contribution in [-0.4, -0.2) is 36.0 Å². The second-order valence-corrected chi connectivity index (χ2v) is 5.61. The summed E-state index contributed by atoms with van der Waals surface area (Å²) in [5.41, 5.74) is 0. The largest absolute Gasteiger partial charge is 0.331 e. The molecule has 0 unspecified atom stereocenters. The van der Waals surface area contributed by atoms with Crippen molar-refractivity contribution in [1.82, 2.24) is 9.80 Å². The Balaban J connectivity index is 4.40. The second-order valence-electron chi connectivity index (χ2n) is 5.61. The van der Waals surface area contributed by atoms with E-state index in [2.05, 4.69) is 49.6 Å². The maximum Gasteiger partial charge on any atom is 0.0307 e. The fourth-order valence-corrected chi connectivity index (χ4v) is 1.98. The molecule has 0 aliphatic heterocycles. The van der Waals surface area contributed by atoms with E-state index >= 15 is 0 Å². The topological polar surface area (TPSA) is 6.48 Å². The Morgan fingerprint density at radius 1 is 0.500 bits per heavy atom. The lowest BCUT2D eigenvalue weighted by molar-refractivity contribution is 0.359. The summed E-state index contributed by atoms with van der Waals surface area (Å²) in [5, 5.41) is 0. The van der Waals surface area contributed by atoms with Crippen molar-refractivity contribution in [2.75, 3.05) is 26.2 Å². The summed E-state index contributed by atoms with van der Waals surface area (Å²) in [5.74, 6) is 0. The number of unbranched alkanes of at least 4 members (excludes halogenated alkanes) is 4. The molecule has 2 nitrogen and oxygen atoms in total. The van der Waals surface area contributed by atoms with Crippen molar-refractivity contribution < 1.29 is 0 Å². The third kappa shape index (κ3) is 11.0. The third-order valence-corrected chi connectivity index (χ3v) is 3.49. The van der Waals surface area contributed by atoms with Crippen LogP contribution in [0.1, 0.15) is 79.1 Å². The Kier molecular flexibility index (Phi) is 14.0. The molecule has 0 spiro atoms. The highest BCUT2D eigenvalue weighted by Crippen LogP contribution is 2.00. The molecule has 0 aromatic heterocycles. The van der Waals surface area contributed by atoms with Gasteiger partial charge < -0.3 is 9.80 Å². The van der Waals surface area contributed by atoms with Gasteiger partial charge in [-0.3, -0.25) is 0 Å². The predicted octanol–water partition coefficient (Wildman–Crippen LogP) is 4.71. The molecule has 118 valence electrons. The first-order valence-corrected chi connectivity index (χ1v) is 8.79. The first-order valence-electron chi connectivity index (χ1n) is 8.79. The van der Waals surface area contributed by atoms with E-state index in [1.807, 2.05) is 0 Å². The van der Waals surface area contributed by atoms with E-state index in [1.54, 1.807) is 0 Å². The van der Waals surface area contributed by atoms with E-state index in [9.17, 15) is 0 Å². The van der Waals surface area contributed by atoms with Gasteiger partial charge in [-0.1, -0.05) is 53.4 Å². The minimum absolute atomic E-state index is 1.12. The van der Waals surface area contributed by atoms with E-state index in [-0.39, 0.29) is 0 Å². The molecule has 0 bridgehead atoms. The van der Waals surface area contributed by atoms with Crippen molar-refractivity contribution in [1.29, 1.82) is 0 Å². The summed E-state index contributed by atoms with van der Waals surface area (Å²) in [6, 6.07) is 6.83. The van der Waals surface area contributed by atoms with Crippen molar-refractivity contribution >= 4 is 0 Å². The standard InChI is InChI=1S/C18H36N2/c1-5-9-13-19(14-10-6-2)17-18-20(15-11-7-3)16-12-8-4/h5-16H2,1-4H3. The van der Waals surface area contributed by atoms with Gasteiger partial charge in [0, 0.05) is 38.3 Å². The average Bonchev–Trinajstić information content (AvgIpc) is 2.48. The van der Waals surface area contributed by atoms with Crippen LogP contribution in [0.4, 0.5) is 0 Å². The lowest BCUT2D eigenvalue weighted by Crippen LogP contribution is -2.24. The predicted molar refractivity (Wildman–Crippen MR) is 90.6 cm³/mol. The maximum absolute atomic E-state index is 3.42. The molecule has 0 saturated carbocycles. The zero-order valence-electron chi connectivity index (χ0n) is 14.4. The van der Waals surface area contributed by atoms with Gasteiger partial charge in [0.15, 0.2) is 0 Å². The van der Waals surface area contributed by atoms with Crippen LogP contribution >= 0.6 is 0 Å². The molecular formula is C18H36N2. The molecule has 0 saturated heterocycles. The van der Waals surface area contributed by atoms with Crippen LogP contribution in [0.5, 0.6) is 0 Å². The Labute approximate surface area is 127 Å². The van der Waals surface area contributed by atoms with Gasteiger partial charge in [0.1, 0.15) is 0 Å². The average molecular weight is 280 g/mol. The van der Waals surface area contributed by atoms with Crippen molar-refractivity contribution in [3.8, 4) is 12.1 Å². The van der Waals surface area contributed by atoms with E-state index in [4.69, 9.17) is 0 Å². The van der Waals surface area contributed by atoms with Gasteiger partial charge in [-0.25, -0.2) is 0 Å². The van der Waals surface area contributed by atoms with Gasteiger partial charge in [-0.2, -0.15) is 0 Å². The summed E-state index contributed by atoms with van der Waals surface area (Å²) in [7, 11) is 0. The van der Waals surface area contributed by atoms with Crippen molar-refractivity contribution in [2.45, 2.75) is 79.1 Å². The molecule has 0 rings (SSSR count). The van der Waals surface area contributed by atoms with E-state index < -0.39 is 0 Å². The lowest BCUT2D eigenvalue weighted by Gasteiger charge is -2.20. The number of hydrogen-bond donors (Lipinski definition) is 0. The summed E-state index contributed by atoms with van der Waals surface area (Å²) >= 11 is 0. The Morgan fingerprint density at radius 3 is 0.950 bits per heavy atom. The first kappa shape index (κ1) is 19.2. The molecule has 0 radical (unpaired) electrons. The van der Waals surface area contributed by atoms with Crippen LogP contribution in [-0.2, 0) is 0 Å². The van der Waals surface area contributed by atoms with Crippen molar-refractivity contribution in [2.24, 2.45) is 0 Å². The smallest absolute Gasteiger partial charge is 0.0307 e. The van der Waals surface area contributed by atoms with Crippen LogP contribution in [0.15, 0.2) is 0 Å². The zero-order chi connectivity index (χ0) is 15.1. The molecule has 2 heteroatoms. The summed E-state index contributed by atoms with van der Waals surface area (Å²) in [6.45, 7) is 13.5. The summed E-state index contributed by atoms with van der Waals surface area (Å²) in [4.78, 5) is 4.66. The van der Waals surface area contributed by atoms with Crippen LogP contribution < -0.4 is 0 Å². The molecule has 0 heterocycles. The molecule has 20 heavy (non-hydrogen) atoms. The van der Waals surface area contributed by atoms with Gasteiger partial charge in [0.2, 0.25) is 0 Å². The normalized spacial score (nSPS) is 10.0. The lowest BCUT2D eigenvalue weighted by atomic mass is 10.2. The zero-order valence-corrected chi connectivity index (χ0v) is 14.4. The molecule has 0 amide bonds. The van der Waals surface area contributed by atoms with Gasteiger partial charge >= 0.3 is 0 Å². The van der Waals surface area contributed by atoms with Gasteiger partial charge in [-0.15, -0.1) is 0 Å². The van der Waals surface area contributed by atoms with Crippen molar-refractivity contribution in [3.05, 3.63) is 0 Å². The quantitative estimate of drug-likeness (QED) is 0.377. The number of nitrogens with zero attached hydrogens (tertiary/aromatic N) is 2. The van der Waals surface area contributed by atoms with Gasteiger partial charge in [-0.05, 0) is 25.7 Å². The Hall–Kier alpha value is -0.840. The van der Waals surface area contributed by atoms with E-state index in [0.29, 0.717) is 0 Å². The monoisotopic (exact) mass is 280 g/mol. The van der Waals surface area contributed by atoms with Gasteiger partial charge in [0.05, 0.1) is 0 Å². The van der Waals surface area contributed by atoms with E-state index in [0.717, 1.165) is 26.2 Å². The molecule has 0 aromatic rings. The van der Waals surface area contributed by atoms with Crippen LogP contribution in [0.2, 0.25) is 0 Å². The van der Waals surface area contributed by atoms with Crippen LogP contribution in [0.25, 0.3) is 0 Å². The van der Waals surface area contributed by atoms with Gasteiger partial charge in [0.25, 0.3) is 0 Å². The number of hydrogen-bond acceptors (Lipinski definition) is 2. The summed E-state index contributed by atoms with van der Waals surface area (Å²) in [6.07, 6.45) is 10.0. The number of rotatable bonds is 12. The van der Waals surface area contributed by atoms with E-state index in [1.165, 1.54) is 51.4 Å². The third-order valence-electron chi connectivity index (χ3n) is 3.49. The minimum Gasteiger partial charge on any atom is -0.331 e. The highest BCUT2D eigenvalue weighted by atomic mass is 15.1. The fraction of sp³-hybridized carbons (Fsp3) is 0.889. The van der Waals surface area contributed by atoms with Crippen LogP contribution in [0.3, 0.4) is 0 Å². The van der Waals surface area contributed by atoms with Crippen molar-refractivity contribution in [3.63, 3.8) is 0 Å². The molecule has 0 atom stereocenters. The molecular weight excluding hydrogens is 244 g/mol. The second kappa shape index (κ2) is 14.6. The summed E-state index contributed by atoms with van der Waals surface area (Å²) < 4.78 is 0. The molecule has 0 N–H and O–H groups in total. The fourth-order valence-electron chi connectivity index (χ4n) is 1.98. The molecule has 0 aliphatic rings. The minimum atomic E-state index is 1.12. The Bertz CT molecular complexity index is 212. The maximum atomic E-state index is 3.42. The SMILES string of the molecule is CCCCN(C#CN(CCCC)CCCC)CCCC. The molecule has 0 fully saturated rings. The Morgan fingerprint density at radius 2 is 0.750 bits per heavy atom. The highest BCUT2D eigenvalue weighted by molar-refractivity contribution is 4.98. The highest BCUT2D eigenvalue weighted by Gasteiger charge is 2.01. The molecule has 0 aliphatic carbocycles.